The van der Waals surface area contributed by atoms with Crippen LogP contribution in [0.1, 0.15) is 54.7 Å². The van der Waals surface area contributed by atoms with Gasteiger partial charge in [0.25, 0.3) is 0 Å². The zero-order chi connectivity index (χ0) is 22.2. The summed E-state index contributed by atoms with van der Waals surface area (Å²) in [6.07, 6.45) is 10.7. The summed E-state index contributed by atoms with van der Waals surface area (Å²) >= 11 is 0. The first kappa shape index (κ1) is 22.6. The molecule has 1 aliphatic rings. The monoisotopic (exact) mass is 434 g/mol. The fourth-order valence-corrected chi connectivity index (χ4v) is 4.84. The first-order valence-corrected chi connectivity index (χ1v) is 11.8. The molecule has 0 radical (unpaired) electrons. The summed E-state index contributed by atoms with van der Waals surface area (Å²) in [7, 11) is 0. The van der Waals surface area contributed by atoms with Gasteiger partial charge in [-0.1, -0.05) is 30.3 Å². The molecule has 0 saturated carbocycles. The van der Waals surface area contributed by atoms with Gasteiger partial charge in [-0.05, 0) is 111 Å². The van der Waals surface area contributed by atoms with Crippen LogP contribution in [0.5, 0.6) is 0 Å². The maximum absolute atomic E-state index is 13.5. The van der Waals surface area contributed by atoms with E-state index >= 15 is 0 Å². The number of hydrogen-bond acceptors (Lipinski definition) is 2. The third-order valence-corrected chi connectivity index (χ3v) is 6.73. The Balaban J connectivity index is 1.28. The molecule has 4 rings (SSSR count). The number of hydrogen-bond donors (Lipinski definition) is 0. The number of halogens is 2. The molecule has 1 fully saturated rings. The lowest BCUT2D eigenvalue weighted by molar-refractivity contribution is 0.174. The van der Waals surface area contributed by atoms with E-state index in [2.05, 4.69) is 16.0 Å². The minimum atomic E-state index is -0.219. The number of aryl methyl sites for hydroxylation is 1. The van der Waals surface area contributed by atoms with Gasteiger partial charge >= 0.3 is 0 Å². The molecule has 1 aromatic heterocycles. The molecule has 168 valence electrons. The predicted octanol–water partition coefficient (Wildman–Crippen LogP) is 6.62. The lowest BCUT2D eigenvalue weighted by atomic mass is 9.80. The van der Waals surface area contributed by atoms with E-state index in [9.17, 15) is 8.78 Å². The molecule has 0 aliphatic carbocycles. The van der Waals surface area contributed by atoms with Gasteiger partial charge in [0.1, 0.15) is 11.6 Å². The molecule has 4 heteroatoms. The second kappa shape index (κ2) is 11.3. The standard InChI is InChI=1S/C28H32F2N2/c29-26-10-6-24(7-11-26)28(25-8-12-27(30)13-9-25)20-22-14-18-32(19-15-22)17-2-1-4-23-5-3-16-31-21-23/h3,5-13,16,21-22,28H,1-2,4,14-15,17-20H2. The Morgan fingerprint density at radius 2 is 1.47 bits per heavy atom. The van der Waals surface area contributed by atoms with E-state index in [1.807, 2.05) is 42.7 Å². The van der Waals surface area contributed by atoms with Crippen molar-refractivity contribution in [3.63, 3.8) is 0 Å². The summed E-state index contributed by atoms with van der Waals surface area (Å²) in [6.45, 7) is 3.43. The maximum Gasteiger partial charge on any atom is 0.123 e. The normalized spacial score (nSPS) is 15.3. The topological polar surface area (TPSA) is 16.1 Å². The Morgan fingerprint density at radius 1 is 0.844 bits per heavy atom. The van der Waals surface area contributed by atoms with E-state index in [4.69, 9.17) is 0 Å². The Hall–Kier alpha value is -2.59. The summed E-state index contributed by atoms with van der Waals surface area (Å²) in [5.41, 5.74) is 3.53. The Morgan fingerprint density at radius 3 is 2.03 bits per heavy atom. The first-order valence-electron chi connectivity index (χ1n) is 11.8. The van der Waals surface area contributed by atoms with Gasteiger partial charge in [-0.3, -0.25) is 4.98 Å². The second-order valence-electron chi connectivity index (χ2n) is 8.99. The Labute approximate surface area is 190 Å². The van der Waals surface area contributed by atoms with E-state index in [0.29, 0.717) is 5.92 Å². The highest BCUT2D eigenvalue weighted by Gasteiger charge is 2.24. The lowest BCUT2D eigenvalue weighted by Gasteiger charge is -2.34. The van der Waals surface area contributed by atoms with Crippen molar-refractivity contribution in [2.45, 2.75) is 44.4 Å². The molecule has 0 unspecified atom stereocenters. The molecular weight excluding hydrogens is 402 g/mol. The van der Waals surface area contributed by atoms with Crippen molar-refractivity contribution in [2.24, 2.45) is 5.92 Å². The molecule has 1 saturated heterocycles. The minimum Gasteiger partial charge on any atom is -0.303 e. The number of rotatable bonds is 9. The highest BCUT2D eigenvalue weighted by atomic mass is 19.1. The second-order valence-corrected chi connectivity index (χ2v) is 8.99. The SMILES string of the molecule is Fc1ccc(C(CC2CCN(CCCCc3cccnc3)CC2)c2ccc(F)cc2)cc1. The smallest absolute Gasteiger partial charge is 0.123 e. The van der Waals surface area contributed by atoms with Crippen LogP contribution in [0, 0.1) is 17.6 Å². The average Bonchev–Trinajstić information content (AvgIpc) is 2.83. The molecule has 32 heavy (non-hydrogen) atoms. The van der Waals surface area contributed by atoms with E-state index in [1.54, 1.807) is 0 Å². The van der Waals surface area contributed by atoms with Gasteiger partial charge in [-0.15, -0.1) is 0 Å². The summed E-state index contributed by atoms with van der Waals surface area (Å²) in [4.78, 5) is 6.78. The fourth-order valence-electron chi connectivity index (χ4n) is 4.84. The fraction of sp³-hybridized carbons (Fsp3) is 0.393. The molecule has 0 N–H and O–H groups in total. The lowest BCUT2D eigenvalue weighted by Crippen LogP contribution is -2.35. The zero-order valence-electron chi connectivity index (χ0n) is 18.6. The van der Waals surface area contributed by atoms with Crippen LogP contribution >= 0.6 is 0 Å². The van der Waals surface area contributed by atoms with Crippen LogP contribution < -0.4 is 0 Å². The highest BCUT2D eigenvalue weighted by molar-refractivity contribution is 5.33. The number of benzene rings is 2. The van der Waals surface area contributed by atoms with E-state index in [-0.39, 0.29) is 17.6 Å². The van der Waals surface area contributed by atoms with Gasteiger partial charge in [0.2, 0.25) is 0 Å². The van der Waals surface area contributed by atoms with Crippen molar-refractivity contribution in [2.75, 3.05) is 19.6 Å². The van der Waals surface area contributed by atoms with Crippen molar-refractivity contribution < 1.29 is 8.78 Å². The van der Waals surface area contributed by atoms with Gasteiger partial charge < -0.3 is 4.90 Å². The molecule has 2 aromatic carbocycles. The molecule has 0 spiro atoms. The van der Waals surface area contributed by atoms with Crippen molar-refractivity contribution in [3.8, 4) is 0 Å². The van der Waals surface area contributed by atoms with Crippen LogP contribution in [0.25, 0.3) is 0 Å². The first-order chi connectivity index (χ1) is 15.7. The molecule has 2 heterocycles. The summed E-state index contributed by atoms with van der Waals surface area (Å²) in [6, 6.07) is 17.8. The van der Waals surface area contributed by atoms with Crippen LogP contribution in [0.2, 0.25) is 0 Å². The van der Waals surface area contributed by atoms with Crippen LogP contribution in [-0.4, -0.2) is 29.5 Å². The van der Waals surface area contributed by atoms with Gasteiger partial charge in [0, 0.05) is 18.3 Å². The highest BCUT2D eigenvalue weighted by Crippen LogP contribution is 2.35. The Kier molecular flexibility index (Phi) is 8.00. The quantitative estimate of drug-likeness (QED) is 0.352. The van der Waals surface area contributed by atoms with Crippen molar-refractivity contribution in [3.05, 3.63) is 101 Å². The predicted molar refractivity (Wildman–Crippen MR) is 126 cm³/mol. The van der Waals surface area contributed by atoms with Gasteiger partial charge in [0.15, 0.2) is 0 Å². The van der Waals surface area contributed by atoms with Gasteiger partial charge in [0.05, 0.1) is 0 Å². The van der Waals surface area contributed by atoms with Crippen LogP contribution in [0.3, 0.4) is 0 Å². The number of pyridine rings is 1. The largest absolute Gasteiger partial charge is 0.303 e. The summed E-state index contributed by atoms with van der Waals surface area (Å²) in [5.74, 6) is 0.362. The minimum absolute atomic E-state index is 0.173. The van der Waals surface area contributed by atoms with E-state index < -0.39 is 0 Å². The Bertz CT molecular complexity index is 888. The third-order valence-electron chi connectivity index (χ3n) is 6.73. The zero-order valence-corrected chi connectivity index (χ0v) is 18.6. The average molecular weight is 435 g/mol. The number of unbranched alkanes of at least 4 members (excludes halogenated alkanes) is 1. The molecule has 0 bridgehead atoms. The maximum atomic E-state index is 13.5. The molecule has 1 aliphatic heterocycles. The number of piperidine rings is 1. The van der Waals surface area contributed by atoms with Crippen molar-refractivity contribution in [1.82, 2.24) is 9.88 Å². The molecule has 0 amide bonds. The summed E-state index contributed by atoms with van der Waals surface area (Å²) < 4.78 is 26.9. The summed E-state index contributed by atoms with van der Waals surface area (Å²) in [5, 5.41) is 0. The van der Waals surface area contributed by atoms with Gasteiger partial charge in [-0.2, -0.15) is 0 Å². The molecule has 3 aromatic rings. The number of aromatic nitrogens is 1. The van der Waals surface area contributed by atoms with Crippen LogP contribution in [0.4, 0.5) is 8.78 Å². The van der Waals surface area contributed by atoms with E-state index in [0.717, 1.165) is 43.6 Å². The van der Waals surface area contributed by atoms with Crippen molar-refractivity contribution in [1.29, 1.82) is 0 Å². The molecule has 2 nitrogen and oxygen atoms in total. The van der Waals surface area contributed by atoms with E-state index in [1.165, 1.54) is 55.5 Å². The molecular formula is C28H32F2N2. The van der Waals surface area contributed by atoms with Crippen molar-refractivity contribution >= 4 is 0 Å². The van der Waals surface area contributed by atoms with Crippen LogP contribution in [0.15, 0.2) is 73.1 Å². The van der Waals surface area contributed by atoms with Crippen LogP contribution in [-0.2, 0) is 6.42 Å². The number of nitrogens with zero attached hydrogens (tertiary/aromatic N) is 2. The van der Waals surface area contributed by atoms with Gasteiger partial charge in [-0.25, -0.2) is 8.78 Å². The molecule has 0 atom stereocenters. The number of likely N-dealkylation sites (tertiary alicyclic amines) is 1. The third kappa shape index (κ3) is 6.46.